The molecule has 3 rings (SSSR count). The maximum atomic E-state index is 12.9. The Hall–Kier alpha value is -2.09. The van der Waals surface area contributed by atoms with Crippen molar-refractivity contribution in [3.63, 3.8) is 0 Å². The van der Waals surface area contributed by atoms with Gasteiger partial charge in [-0.15, -0.1) is 0 Å². The van der Waals surface area contributed by atoms with Crippen LogP contribution in [0.4, 0.5) is 5.69 Å². The maximum absolute atomic E-state index is 12.9. The lowest BCUT2D eigenvalue weighted by molar-refractivity contribution is 0.0916. The van der Waals surface area contributed by atoms with E-state index >= 15 is 0 Å². The number of nitrogens with one attached hydrogen (secondary N) is 2. The SMILES string of the molecule is Cc1ccc(NS(=O)(=O)c2cc(C(=O)NC3CCN(C)CC3)ccc2Cl)cc1C. The van der Waals surface area contributed by atoms with Crippen LogP contribution in [0.25, 0.3) is 0 Å². The Morgan fingerprint density at radius 3 is 2.41 bits per heavy atom. The number of anilines is 1. The molecule has 1 aliphatic rings. The molecular formula is C21H26ClN3O3S. The van der Waals surface area contributed by atoms with Gasteiger partial charge in [0.2, 0.25) is 0 Å². The van der Waals surface area contributed by atoms with Gasteiger partial charge in [-0.3, -0.25) is 9.52 Å². The number of piperidine rings is 1. The molecule has 0 atom stereocenters. The van der Waals surface area contributed by atoms with Gasteiger partial charge in [-0.25, -0.2) is 8.42 Å². The van der Waals surface area contributed by atoms with E-state index in [1.54, 1.807) is 18.2 Å². The molecule has 0 aromatic heterocycles. The summed E-state index contributed by atoms with van der Waals surface area (Å²) >= 11 is 6.16. The number of halogens is 1. The molecule has 0 saturated carbocycles. The average molecular weight is 436 g/mol. The molecule has 1 heterocycles. The zero-order valence-electron chi connectivity index (χ0n) is 16.8. The van der Waals surface area contributed by atoms with Gasteiger partial charge in [0.25, 0.3) is 15.9 Å². The molecule has 2 N–H and O–H groups in total. The minimum Gasteiger partial charge on any atom is -0.349 e. The summed E-state index contributed by atoms with van der Waals surface area (Å²) in [5.41, 5.74) is 2.76. The predicted octanol–water partition coefficient (Wildman–Crippen LogP) is 3.58. The number of carbonyl (C=O) groups excluding carboxylic acids is 1. The highest BCUT2D eigenvalue weighted by Crippen LogP contribution is 2.26. The largest absolute Gasteiger partial charge is 0.349 e. The Morgan fingerprint density at radius 1 is 1.07 bits per heavy atom. The molecule has 6 nitrogen and oxygen atoms in total. The molecule has 1 aliphatic heterocycles. The van der Waals surface area contributed by atoms with Gasteiger partial charge >= 0.3 is 0 Å². The first-order valence-electron chi connectivity index (χ1n) is 9.55. The highest BCUT2D eigenvalue weighted by atomic mass is 35.5. The fraction of sp³-hybridized carbons (Fsp3) is 0.381. The van der Waals surface area contributed by atoms with E-state index in [-0.39, 0.29) is 27.4 Å². The summed E-state index contributed by atoms with van der Waals surface area (Å²) in [6.07, 6.45) is 1.74. The Labute approximate surface area is 177 Å². The lowest BCUT2D eigenvalue weighted by Crippen LogP contribution is -2.43. The van der Waals surface area contributed by atoms with Crippen molar-refractivity contribution in [3.05, 3.63) is 58.1 Å². The zero-order chi connectivity index (χ0) is 21.2. The van der Waals surface area contributed by atoms with E-state index in [4.69, 9.17) is 11.6 Å². The molecule has 2 aromatic rings. The van der Waals surface area contributed by atoms with E-state index in [0.29, 0.717) is 5.69 Å². The van der Waals surface area contributed by atoms with Crippen LogP contribution < -0.4 is 10.0 Å². The second-order valence-corrected chi connectivity index (χ2v) is 9.66. The van der Waals surface area contributed by atoms with Crippen molar-refractivity contribution in [1.82, 2.24) is 10.2 Å². The van der Waals surface area contributed by atoms with Crippen LogP contribution in [0.3, 0.4) is 0 Å². The van der Waals surface area contributed by atoms with Crippen molar-refractivity contribution in [3.8, 4) is 0 Å². The van der Waals surface area contributed by atoms with Crippen molar-refractivity contribution in [1.29, 1.82) is 0 Å². The van der Waals surface area contributed by atoms with Crippen LogP contribution in [0.15, 0.2) is 41.3 Å². The Morgan fingerprint density at radius 2 is 1.76 bits per heavy atom. The van der Waals surface area contributed by atoms with E-state index in [1.165, 1.54) is 12.1 Å². The van der Waals surface area contributed by atoms with Crippen molar-refractivity contribution in [2.45, 2.75) is 37.6 Å². The Bertz CT molecular complexity index is 1020. The van der Waals surface area contributed by atoms with Gasteiger partial charge in [-0.1, -0.05) is 17.7 Å². The number of nitrogens with zero attached hydrogens (tertiary/aromatic N) is 1. The first-order chi connectivity index (χ1) is 13.7. The number of carbonyl (C=O) groups is 1. The zero-order valence-corrected chi connectivity index (χ0v) is 18.4. The van der Waals surface area contributed by atoms with Crippen LogP contribution in [-0.2, 0) is 10.0 Å². The van der Waals surface area contributed by atoms with Gasteiger partial charge in [-0.2, -0.15) is 0 Å². The van der Waals surface area contributed by atoms with Crippen molar-refractivity contribution in [2.24, 2.45) is 0 Å². The van der Waals surface area contributed by atoms with E-state index < -0.39 is 10.0 Å². The predicted molar refractivity (Wildman–Crippen MR) is 116 cm³/mol. The van der Waals surface area contributed by atoms with Gasteiger partial charge in [-0.05, 0) is 88.3 Å². The van der Waals surface area contributed by atoms with Crippen molar-refractivity contribution >= 4 is 33.2 Å². The standard InChI is InChI=1S/C21H26ClN3O3S/c1-14-4-6-18(12-15(14)2)24-29(27,28)20-13-16(5-7-19(20)22)21(26)23-17-8-10-25(3)11-9-17/h4-7,12-13,17,24H,8-11H2,1-3H3,(H,23,26). The molecule has 1 amide bonds. The number of benzene rings is 2. The fourth-order valence-electron chi connectivity index (χ4n) is 3.29. The lowest BCUT2D eigenvalue weighted by atomic mass is 10.0. The van der Waals surface area contributed by atoms with Crippen LogP contribution in [0.5, 0.6) is 0 Å². The summed E-state index contributed by atoms with van der Waals surface area (Å²) in [6, 6.07) is 9.71. The Kier molecular flexibility index (Phi) is 6.51. The third-order valence-electron chi connectivity index (χ3n) is 5.30. The van der Waals surface area contributed by atoms with E-state index in [2.05, 4.69) is 22.0 Å². The first-order valence-corrected chi connectivity index (χ1v) is 11.4. The van der Waals surface area contributed by atoms with Crippen molar-refractivity contribution in [2.75, 3.05) is 24.9 Å². The maximum Gasteiger partial charge on any atom is 0.263 e. The number of hydrogen-bond acceptors (Lipinski definition) is 4. The molecule has 156 valence electrons. The Balaban J connectivity index is 1.80. The molecule has 29 heavy (non-hydrogen) atoms. The van der Waals surface area contributed by atoms with Crippen LogP contribution >= 0.6 is 11.6 Å². The summed E-state index contributed by atoms with van der Waals surface area (Å²) in [5.74, 6) is -0.293. The van der Waals surface area contributed by atoms with Crippen LogP contribution in [0.1, 0.15) is 34.3 Å². The van der Waals surface area contributed by atoms with Crippen LogP contribution in [0.2, 0.25) is 5.02 Å². The van der Waals surface area contributed by atoms with E-state index in [9.17, 15) is 13.2 Å². The van der Waals surface area contributed by atoms with Crippen LogP contribution in [0, 0.1) is 13.8 Å². The molecule has 2 aromatic carbocycles. The fourth-order valence-corrected chi connectivity index (χ4v) is 4.86. The van der Waals surface area contributed by atoms with Gasteiger partial charge in [0.15, 0.2) is 0 Å². The molecule has 0 spiro atoms. The van der Waals surface area contributed by atoms with Crippen molar-refractivity contribution < 1.29 is 13.2 Å². The molecule has 0 radical (unpaired) electrons. The number of amides is 1. The van der Waals surface area contributed by atoms with Gasteiger partial charge in [0.05, 0.1) is 5.02 Å². The van der Waals surface area contributed by atoms with Crippen LogP contribution in [-0.4, -0.2) is 45.4 Å². The average Bonchev–Trinajstić information content (AvgIpc) is 2.66. The van der Waals surface area contributed by atoms with E-state index in [0.717, 1.165) is 37.1 Å². The summed E-state index contributed by atoms with van der Waals surface area (Å²) in [7, 11) is -1.89. The molecule has 1 fully saturated rings. The molecule has 0 unspecified atom stereocenters. The third kappa shape index (κ3) is 5.29. The first kappa shape index (κ1) is 21.6. The second kappa shape index (κ2) is 8.73. The normalized spacial score (nSPS) is 15.9. The summed E-state index contributed by atoms with van der Waals surface area (Å²) in [5, 5.41) is 3.06. The van der Waals surface area contributed by atoms with Gasteiger partial charge < -0.3 is 10.2 Å². The smallest absolute Gasteiger partial charge is 0.263 e. The minimum atomic E-state index is -3.94. The molecule has 1 saturated heterocycles. The lowest BCUT2D eigenvalue weighted by Gasteiger charge is -2.29. The topological polar surface area (TPSA) is 78.5 Å². The molecule has 0 bridgehead atoms. The van der Waals surface area contributed by atoms with Gasteiger partial charge in [0, 0.05) is 17.3 Å². The number of aryl methyl sites for hydroxylation is 2. The number of rotatable bonds is 5. The molecular weight excluding hydrogens is 410 g/mol. The monoisotopic (exact) mass is 435 g/mol. The third-order valence-corrected chi connectivity index (χ3v) is 7.16. The number of hydrogen-bond donors (Lipinski definition) is 2. The highest BCUT2D eigenvalue weighted by Gasteiger charge is 2.23. The van der Waals surface area contributed by atoms with Gasteiger partial charge in [0.1, 0.15) is 4.90 Å². The quantitative estimate of drug-likeness (QED) is 0.752. The summed E-state index contributed by atoms with van der Waals surface area (Å²) < 4.78 is 28.3. The number of sulfonamides is 1. The van der Waals surface area contributed by atoms with E-state index in [1.807, 2.05) is 19.9 Å². The molecule has 8 heteroatoms. The summed E-state index contributed by atoms with van der Waals surface area (Å²) in [6.45, 7) is 5.71. The molecule has 0 aliphatic carbocycles. The minimum absolute atomic E-state index is 0.0668. The second-order valence-electron chi connectivity index (χ2n) is 7.60. The highest BCUT2D eigenvalue weighted by molar-refractivity contribution is 7.92. The summed E-state index contributed by atoms with van der Waals surface area (Å²) in [4.78, 5) is 14.7. The number of likely N-dealkylation sites (tertiary alicyclic amines) is 1.